The predicted octanol–water partition coefficient (Wildman–Crippen LogP) is 15.4. The lowest BCUT2D eigenvalue weighted by atomic mass is 9.83. The van der Waals surface area contributed by atoms with Gasteiger partial charge >= 0.3 is 0 Å². The first-order chi connectivity index (χ1) is 31.1. The smallest absolute Gasteiger partial charge is 0.137 e. The molecule has 11 heteroatoms. The average molecular weight is 945 g/mol. The van der Waals surface area contributed by atoms with Crippen molar-refractivity contribution in [2.24, 2.45) is 0 Å². The Morgan fingerprint density at radius 3 is 1.68 bits per heavy atom. The van der Waals surface area contributed by atoms with Crippen molar-refractivity contribution >= 4 is 56.1 Å². The third-order valence-corrected chi connectivity index (χ3v) is 12.0. The van der Waals surface area contributed by atoms with E-state index in [-0.39, 0.29) is 32.9 Å². The van der Waals surface area contributed by atoms with Gasteiger partial charge in [-0.3, -0.25) is 5.10 Å². The minimum absolute atomic E-state index is 0.0689. The van der Waals surface area contributed by atoms with Gasteiger partial charge in [-0.05, 0) is 144 Å². The number of benzene rings is 2. The molecule has 0 fully saturated rings. The van der Waals surface area contributed by atoms with Gasteiger partial charge in [-0.15, -0.1) is 0 Å². The summed E-state index contributed by atoms with van der Waals surface area (Å²) in [5.41, 5.74) is 25.9. The number of pyridine rings is 3. The minimum Gasteiger partial charge on any atom is -0.384 e. The molecule has 2 aromatic carbocycles. The fraction of sp³-hybridized carbons (Fsp3) is 0.439. The van der Waals surface area contributed by atoms with E-state index >= 15 is 0 Å². The highest BCUT2D eigenvalue weighted by Gasteiger charge is 2.22. The Morgan fingerprint density at radius 1 is 0.544 bits per heavy atom. The van der Waals surface area contributed by atoms with Gasteiger partial charge < -0.3 is 21.4 Å². The van der Waals surface area contributed by atoms with E-state index in [0.717, 1.165) is 60.7 Å². The molecule has 8 aromatic rings. The van der Waals surface area contributed by atoms with Crippen molar-refractivity contribution in [2.75, 3.05) is 11.5 Å². The zero-order valence-electron chi connectivity index (χ0n) is 44.6. The third-order valence-electron chi connectivity index (χ3n) is 11.7. The molecule has 0 radical (unpaired) electrons. The van der Waals surface area contributed by atoms with E-state index < -0.39 is 0 Å². The summed E-state index contributed by atoms with van der Waals surface area (Å²) in [5.74, 6) is 1.08. The molecule has 0 aliphatic rings. The highest BCUT2D eigenvalue weighted by molar-refractivity contribution is 6.31. The van der Waals surface area contributed by atoms with Crippen molar-refractivity contribution in [3.8, 4) is 0 Å². The van der Waals surface area contributed by atoms with Crippen LogP contribution in [0.2, 0.25) is 5.02 Å². The van der Waals surface area contributed by atoms with E-state index in [9.17, 15) is 4.39 Å². The maximum Gasteiger partial charge on any atom is 0.137 e. The second-order valence-electron chi connectivity index (χ2n) is 23.1. The Bertz CT molecular complexity index is 2950. The number of rotatable bonds is 0. The van der Waals surface area contributed by atoms with Crippen molar-refractivity contribution < 1.29 is 4.39 Å². The summed E-state index contributed by atoms with van der Waals surface area (Å²) in [6.45, 7) is 42.5. The Morgan fingerprint density at radius 2 is 1.13 bits per heavy atom. The molecule has 0 amide bonds. The topological polar surface area (TPSA) is 151 Å². The zero-order chi connectivity index (χ0) is 51.5. The van der Waals surface area contributed by atoms with Crippen LogP contribution in [0.15, 0.2) is 73.2 Å². The standard InChI is InChI=1S/C13H16FN.C12H16N2.C11H13ClN2.C11H18N2.C10H16N2/c1-8-7-15-12-6-11(14)10(5-9(8)12)13(2,3)4;1-8-6-13-11-10(8)5-9(7-14-11)12(2,3)4;1-11(2,3)10-8-6-7(12)4-5-9(8)13-14-10;1-7-6-9(12)13-8(2)10(7)11(3,4)5;1-7-8(10(2,3)4)5-6-9(11)12-7/h5-7,15H,1-4H3;5-7H,1-4H3,(H,13,14);4-6H,1-3H3,(H,13,14);6H,1-5H3,(H2,12,13);5-6H,1-4H3,(H2,11,12). The van der Waals surface area contributed by atoms with Crippen LogP contribution >= 0.6 is 11.6 Å². The molecule has 7 N–H and O–H groups in total. The fourth-order valence-corrected chi connectivity index (χ4v) is 8.50. The van der Waals surface area contributed by atoms with Crippen LogP contribution in [0.1, 0.15) is 160 Å². The molecule has 0 unspecified atom stereocenters. The first-order valence-corrected chi connectivity index (χ1v) is 23.8. The zero-order valence-corrected chi connectivity index (χ0v) is 45.4. The van der Waals surface area contributed by atoms with Crippen LogP contribution in [0.3, 0.4) is 0 Å². The van der Waals surface area contributed by atoms with E-state index in [4.69, 9.17) is 23.1 Å². The molecular formula is C57H79ClFN9. The first kappa shape index (κ1) is 54.9. The van der Waals surface area contributed by atoms with Gasteiger partial charge in [0.15, 0.2) is 0 Å². The first-order valence-electron chi connectivity index (χ1n) is 23.4. The van der Waals surface area contributed by atoms with E-state index in [0.29, 0.717) is 11.6 Å². The van der Waals surface area contributed by atoms with Gasteiger partial charge in [0.05, 0.1) is 5.52 Å². The number of aryl methyl sites for hydroxylation is 5. The quantitative estimate of drug-likeness (QED) is 0.102. The molecule has 8 rings (SSSR count). The van der Waals surface area contributed by atoms with Gasteiger partial charge in [0.25, 0.3) is 0 Å². The molecule has 0 saturated heterocycles. The van der Waals surface area contributed by atoms with Crippen LogP contribution in [0.25, 0.3) is 32.8 Å². The minimum atomic E-state index is -0.151. The van der Waals surface area contributed by atoms with Crippen LogP contribution < -0.4 is 11.5 Å². The SMILES string of the molecule is CC(C)(C)c1[nH]nc2ccc(Cl)cc12.Cc1c[nH]c2cc(F)c(C(C)(C)C)cc12.Cc1c[nH]c2ncc(C(C)(C)C)cc12.Cc1cc(N)nc(C)c1C(C)(C)C.Cc1nc(N)ccc1C(C)(C)C. The molecule has 9 nitrogen and oxygen atoms in total. The lowest BCUT2D eigenvalue weighted by molar-refractivity contribution is 0.524. The fourth-order valence-electron chi connectivity index (χ4n) is 8.32. The number of hydrogen-bond donors (Lipinski definition) is 5. The highest BCUT2D eigenvalue weighted by atomic mass is 35.5. The van der Waals surface area contributed by atoms with E-state index in [1.54, 1.807) is 6.07 Å². The summed E-state index contributed by atoms with van der Waals surface area (Å²) < 4.78 is 13.8. The molecule has 6 aromatic heterocycles. The summed E-state index contributed by atoms with van der Waals surface area (Å²) in [7, 11) is 0. The maximum absolute atomic E-state index is 13.8. The summed E-state index contributed by atoms with van der Waals surface area (Å²) in [6, 6.07) is 17.4. The lowest BCUT2D eigenvalue weighted by Gasteiger charge is -2.23. The van der Waals surface area contributed by atoms with Crippen molar-refractivity contribution in [3.05, 3.63) is 140 Å². The van der Waals surface area contributed by atoms with E-state index in [1.165, 1.54) is 33.2 Å². The lowest BCUT2D eigenvalue weighted by Crippen LogP contribution is -2.16. The molecular weight excluding hydrogens is 865 g/mol. The summed E-state index contributed by atoms with van der Waals surface area (Å²) in [5, 5.41) is 11.5. The molecule has 0 atom stereocenters. The van der Waals surface area contributed by atoms with Crippen molar-refractivity contribution in [1.82, 2.24) is 35.1 Å². The van der Waals surface area contributed by atoms with Crippen LogP contribution in [0.5, 0.6) is 0 Å². The number of anilines is 2. The highest BCUT2D eigenvalue weighted by Crippen LogP contribution is 2.32. The van der Waals surface area contributed by atoms with Crippen molar-refractivity contribution in [1.29, 1.82) is 0 Å². The van der Waals surface area contributed by atoms with Gasteiger partial charge in [0.1, 0.15) is 23.1 Å². The van der Waals surface area contributed by atoms with Crippen LogP contribution in [-0.2, 0) is 27.1 Å². The molecule has 6 heterocycles. The van der Waals surface area contributed by atoms with Crippen LogP contribution in [0.4, 0.5) is 16.0 Å². The number of nitrogens with zero attached hydrogens (tertiary/aromatic N) is 4. The third kappa shape index (κ3) is 14.2. The molecule has 0 bridgehead atoms. The number of fused-ring (bicyclic) bond motifs is 3. The normalized spacial score (nSPS) is 12.1. The summed E-state index contributed by atoms with van der Waals surface area (Å²) >= 11 is 5.96. The average Bonchev–Trinajstić information content (AvgIpc) is 3.89. The maximum atomic E-state index is 13.8. The van der Waals surface area contributed by atoms with Crippen LogP contribution in [0, 0.1) is 40.4 Å². The summed E-state index contributed by atoms with van der Waals surface area (Å²) in [4.78, 5) is 19.1. The Hall–Kier alpha value is -5.74. The number of nitrogen functional groups attached to an aromatic ring is 2. The van der Waals surface area contributed by atoms with E-state index in [2.05, 4.69) is 144 Å². The van der Waals surface area contributed by atoms with Gasteiger partial charge in [0.2, 0.25) is 0 Å². The van der Waals surface area contributed by atoms with Gasteiger partial charge in [-0.25, -0.2) is 19.3 Å². The number of halogens is 2. The number of nitrogens with one attached hydrogen (secondary N) is 3. The molecule has 68 heavy (non-hydrogen) atoms. The van der Waals surface area contributed by atoms with Gasteiger partial charge in [-0.1, -0.05) is 122 Å². The van der Waals surface area contributed by atoms with Gasteiger partial charge in [0, 0.05) is 67.8 Å². The molecule has 0 saturated carbocycles. The number of nitrogens with two attached hydrogens (primary N) is 2. The second kappa shape index (κ2) is 20.9. The van der Waals surface area contributed by atoms with Crippen molar-refractivity contribution in [2.45, 2.75) is 166 Å². The molecule has 366 valence electrons. The number of aromatic nitrogens is 7. The van der Waals surface area contributed by atoms with E-state index in [1.807, 2.05) is 96.5 Å². The predicted molar refractivity (Wildman–Crippen MR) is 290 cm³/mol. The second-order valence-corrected chi connectivity index (χ2v) is 23.6. The summed E-state index contributed by atoms with van der Waals surface area (Å²) in [6.07, 6.45) is 5.87. The Kier molecular flexibility index (Phi) is 16.8. The molecule has 0 aliphatic heterocycles. The Labute approximate surface area is 410 Å². The molecule has 0 aliphatic carbocycles. The number of H-pyrrole nitrogens is 3. The molecule has 0 spiro atoms. The van der Waals surface area contributed by atoms with Gasteiger partial charge in [-0.2, -0.15) is 5.10 Å². The number of aromatic amines is 3. The van der Waals surface area contributed by atoms with Crippen molar-refractivity contribution in [3.63, 3.8) is 0 Å². The van der Waals surface area contributed by atoms with Crippen LogP contribution in [-0.4, -0.2) is 35.1 Å². The monoisotopic (exact) mass is 944 g/mol. The number of hydrogen-bond acceptors (Lipinski definition) is 6. The largest absolute Gasteiger partial charge is 0.384 e. The Balaban J connectivity index is 0.000000186.